The summed E-state index contributed by atoms with van der Waals surface area (Å²) >= 11 is 0. The Balaban J connectivity index is 2.02. The van der Waals surface area contributed by atoms with Crippen LogP contribution in [-0.4, -0.2) is 47.3 Å². The number of amides is 1. The van der Waals surface area contributed by atoms with Crippen LogP contribution in [0, 0.1) is 11.7 Å². The second-order valence-electron chi connectivity index (χ2n) is 7.33. The number of ether oxygens (including phenoxy) is 3. The van der Waals surface area contributed by atoms with E-state index >= 15 is 0 Å². The number of carbonyl (C=O) groups is 2. The van der Waals surface area contributed by atoms with Crippen molar-refractivity contribution < 1.29 is 33.3 Å². The zero-order valence-electron chi connectivity index (χ0n) is 18.1. The maximum atomic E-state index is 13.1. The Morgan fingerprint density at radius 1 is 1.10 bits per heavy atom. The SMILES string of the molecule is COc1ccnc(C(=O)N[C@@H](C)C(=O)O[C@@H](C(C)C)[C@H](C)Oc2ccc(F)cc2)c1O. The van der Waals surface area contributed by atoms with Crippen molar-refractivity contribution in [2.24, 2.45) is 5.92 Å². The van der Waals surface area contributed by atoms with Gasteiger partial charge in [-0.25, -0.2) is 14.2 Å². The molecule has 0 saturated heterocycles. The summed E-state index contributed by atoms with van der Waals surface area (Å²) in [5, 5.41) is 12.5. The molecule has 3 atom stereocenters. The normalized spacial score (nSPS) is 13.8. The van der Waals surface area contributed by atoms with Crippen LogP contribution in [0.15, 0.2) is 36.5 Å². The van der Waals surface area contributed by atoms with E-state index in [0.29, 0.717) is 5.75 Å². The van der Waals surface area contributed by atoms with E-state index in [1.165, 1.54) is 50.6 Å². The van der Waals surface area contributed by atoms with Crippen molar-refractivity contribution in [1.82, 2.24) is 10.3 Å². The molecule has 8 nitrogen and oxygen atoms in total. The van der Waals surface area contributed by atoms with Crippen molar-refractivity contribution in [3.63, 3.8) is 0 Å². The molecule has 2 N–H and O–H groups in total. The Morgan fingerprint density at radius 3 is 2.32 bits per heavy atom. The molecule has 0 unspecified atom stereocenters. The highest BCUT2D eigenvalue weighted by atomic mass is 19.1. The second-order valence-corrected chi connectivity index (χ2v) is 7.33. The molecule has 0 spiro atoms. The van der Waals surface area contributed by atoms with Gasteiger partial charge in [-0.15, -0.1) is 0 Å². The highest BCUT2D eigenvalue weighted by Gasteiger charge is 2.30. The number of aromatic hydroxyl groups is 1. The summed E-state index contributed by atoms with van der Waals surface area (Å²) in [6.07, 6.45) is 0.154. The van der Waals surface area contributed by atoms with Gasteiger partial charge < -0.3 is 24.6 Å². The van der Waals surface area contributed by atoms with Crippen LogP contribution in [0.1, 0.15) is 38.2 Å². The van der Waals surface area contributed by atoms with Gasteiger partial charge in [-0.3, -0.25) is 4.79 Å². The van der Waals surface area contributed by atoms with E-state index in [4.69, 9.17) is 14.2 Å². The molecule has 0 aliphatic rings. The summed E-state index contributed by atoms with van der Waals surface area (Å²) in [6.45, 7) is 6.93. The summed E-state index contributed by atoms with van der Waals surface area (Å²) in [5.41, 5.74) is -0.271. The van der Waals surface area contributed by atoms with E-state index < -0.39 is 35.9 Å². The Labute approximate surface area is 180 Å². The second kappa shape index (κ2) is 10.6. The van der Waals surface area contributed by atoms with Gasteiger partial charge in [0.05, 0.1) is 7.11 Å². The summed E-state index contributed by atoms with van der Waals surface area (Å²) in [5.74, 6) is -1.80. The van der Waals surface area contributed by atoms with Gasteiger partial charge in [0, 0.05) is 12.3 Å². The molecule has 0 fully saturated rings. The number of halogens is 1. The summed E-state index contributed by atoms with van der Waals surface area (Å²) in [7, 11) is 1.35. The lowest BCUT2D eigenvalue weighted by atomic mass is 10.0. The van der Waals surface area contributed by atoms with Crippen molar-refractivity contribution in [2.45, 2.75) is 45.9 Å². The molecule has 9 heteroatoms. The van der Waals surface area contributed by atoms with E-state index in [-0.39, 0.29) is 23.2 Å². The van der Waals surface area contributed by atoms with Gasteiger partial charge in [-0.05, 0) is 44.0 Å². The molecule has 168 valence electrons. The molecule has 2 rings (SSSR count). The lowest BCUT2D eigenvalue weighted by Gasteiger charge is -2.29. The minimum absolute atomic E-state index is 0.0852. The quantitative estimate of drug-likeness (QED) is 0.584. The third kappa shape index (κ3) is 6.31. The van der Waals surface area contributed by atoms with Gasteiger partial charge in [0.25, 0.3) is 5.91 Å². The van der Waals surface area contributed by atoms with Gasteiger partial charge in [-0.1, -0.05) is 13.8 Å². The maximum absolute atomic E-state index is 13.1. The first-order chi connectivity index (χ1) is 14.6. The zero-order valence-corrected chi connectivity index (χ0v) is 18.1. The maximum Gasteiger partial charge on any atom is 0.328 e. The Kier molecular flexibility index (Phi) is 8.18. The first kappa shape index (κ1) is 23.9. The number of nitrogens with one attached hydrogen (secondary N) is 1. The molecule has 1 heterocycles. The highest BCUT2D eigenvalue weighted by Crippen LogP contribution is 2.27. The van der Waals surface area contributed by atoms with Crippen LogP contribution >= 0.6 is 0 Å². The number of nitrogens with zero attached hydrogens (tertiary/aromatic N) is 1. The topological polar surface area (TPSA) is 107 Å². The lowest BCUT2D eigenvalue weighted by Crippen LogP contribution is -2.45. The van der Waals surface area contributed by atoms with Gasteiger partial charge in [0.15, 0.2) is 17.2 Å². The molecule has 1 aromatic carbocycles. The molecule has 31 heavy (non-hydrogen) atoms. The smallest absolute Gasteiger partial charge is 0.328 e. The molecule has 0 aliphatic heterocycles. The number of esters is 1. The largest absolute Gasteiger partial charge is 0.503 e. The van der Waals surface area contributed by atoms with E-state index in [9.17, 15) is 19.1 Å². The van der Waals surface area contributed by atoms with E-state index in [1.807, 2.05) is 13.8 Å². The van der Waals surface area contributed by atoms with Crippen molar-refractivity contribution in [3.8, 4) is 17.2 Å². The third-order valence-electron chi connectivity index (χ3n) is 4.53. The molecule has 2 aromatic rings. The number of benzene rings is 1. The predicted octanol–water partition coefficient (Wildman–Crippen LogP) is 3.09. The number of methoxy groups -OCH3 is 1. The Morgan fingerprint density at radius 2 is 1.74 bits per heavy atom. The van der Waals surface area contributed by atoms with Crippen molar-refractivity contribution in [2.75, 3.05) is 7.11 Å². The number of rotatable bonds is 9. The van der Waals surface area contributed by atoms with Crippen LogP contribution in [0.3, 0.4) is 0 Å². The third-order valence-corrected chi connectivity index (χ3v) is 4.53. The lowest BCUT2D eigenvalue weighted by molar-refractivity contribution is -0.158. The Bertz CT molecular complexity index is 903. The van der Waals surface area contributed by atoms with E-state index in [1.54, 1.807) is 6.92 Å². The monoisotopic (exact) mass is 434 g/mol. The molecule has 0 aliphatic carbocycles. The molecule has 0 saturated carbocycles. The minimum atomic E-state index is -1.01. The molecular weight excluding hydrogens is 407 g/mol. The number of hydrogen-bond donors (Lipinski definition) is 2. The van der Waals surface area contributed by atoms with Crippen molar-refractivity contribution in [3.05, 3.63) is 48.0 Å². The average Bonchev–Trinajstić information content (AvgIpc) is 2.73. The Hall–Kier alpha value is -3.36. The number of pyridine rings is 1. The first-order valence-electron chi connectivity index (χ1n) is 9.79. The van der Waals surface area contributed by atoms with Crippen LogP contribution in [-0.2, 0) is 9.53 Å². The first-order valence-corrected chi connectivity index (χ1v) is 9.79. The van der Waals surface area contributed by atoms with E-state index in [2.05, 4.69) is 10.3 Å². The summed E-state index contributed by atoms with van der Waals surface area (Å²) in [6, 6.07) is 5.91. The predicted molar refractivity (Wildman–Crippen MR) is 111 cm³/mol. The highest BCUT2D eigenvalue weighted by molar-refractivity contribution is 5.97. The van der Waals surface area contributed by atoms with Gasteiger partial charge in [0.1, 0.15) is 29.8 Å². The molecule has 1 amide bonds. The number of hydrogen-bond acceptors (Lipinski definition) is 7. The molecular formula is C22H27FN2O6. The molecule has 0 radical (unpaired) electrons. The van der Waals surface area contributed by atoms with Gasteiger partial charge in [0.2, 0.25) is 0 Å². The van der Waals surface area contributed by atoms with Gasteiger partial charge in [-0.2, -0.15) is 0 Å². The molecule has 1 aromatic heterocycles. The van der Waals surface area contributed by atoms with Crippen LogP contribution in [0.2, 0.25) is 0 Å². The van der Waals surface area contributed by atoms with Crippen LogP contribution in [0.4, 0.5) is 4.39 Å². The summed E-state index contributed by atoms with van der Waals surface area (Å²) in [4.78, 5) is 28.8. The summed E-state index contributed by atoms with van der Waals surface area (Å²) < 4.78 is 29.4. The van der Waals surface area contributed by atoms with Crippen molar-refractivity contribution in [1.29, 1.82) is 0 Å². The fourth-order valence-electron chi connectivity index (χ4n) is 2.90. The standard InChI is InChI=1S/C22H27FN2O6/c1-12(2)20(14(4)30-16-8-6-15(23)7-9-16)31-22(28)13(3)25-21(27)18-19(26)17(29-5)10-11-24-18/h6-14,20,26H,1-5H3,(H,25,27)/t13-,14-,20-/m0/s1. The fourth-order valence-corrected chi connectivity index (χ4v) is 2.90. The number of carbonyl (C=O) groups excluding carboxylic acids is 2. The van der Waals surface area contributed by atoms with Crippen LogP contribution < -0.4 is 14.8 Å². The minimum Gasteiger partial charge on any atom is -0.503 e. The fraction of sp³-hybridized carbons (Fsp3) is 0.409. The van der Waals surface area contributed by atoms with E-state index in [0.717, 1.165) is 0 Å². The van der Waals surface area contributed by atoms with Crippen LogP contribution in [0.25, 0.3) is 0 Å². The number of aromatic nitrogens is 1. The van der Waals surface area contributed by atoms with Crippen molar-refractivity contribution >= 4 is 11.9 Å². The molecule has 0 bridgehead atoms. The zero-order chi connectivity index (χ0) is 23.1. The average molecular weight is 434 g/mol. The van der Waals surface area contributed by atoms with Crippen LogP contribution in [0.5, 0.6) is 17.2 Å². The van der Waals surface area contributed by atoms with Gasteiger partial charge >= 0.3 is 5.97 Å².